The summed E-state index contributed by atoms with van der Waals surface area (Å²) in [6.07, 6.45) is 2.60. The molecule has 0 spiro atoms. The maximum atomic E-state index is 9.04. The first-order valence-electron chi connectivity index (χ1n) is 4.40. The quantitative estimate of drug-likeness (QED) is 0.554. The van der Waals surface area contributed by atoms with Crippen LogP contribution in [-0.4, -0.2) is 27.6 Å². The van der Waals surface area contributed by atoms with E-state index >= 15 is 0 Å². The molecule has 0 amide bonds. The Hall–Kier alpha value is -1.33. The normalized spacial score (nSPS) is 25.3. The molecular formula is C9H11NO4. The van der Waals surface area contributed by atoms with Crippen LogP contribution in [0.1, 0.15) is 12.8 Å². The summed E-state index contributed by atoms with van der Waals surface area (Å²) in [6, 6.07) is 3.16. The van der Waals surface area contributed by atoms with Gasteiger partial charge in [0.1, 0.15) is 11.9 Å². The Kier molecular flexibility index (Phi) is 2.51. The molecule has 1 aromatic heterocycles. The van der Waals surface area contributed by atoms with Crippen LogP contribution in [0.2, 0.25) is 0 Å². The average molecular weight is 197 g/mol. The Balaban J connectivity index is 1.95. The van der Waals surface area contributed by atoms with E-state index in [-0.39, 0.29) is 18.1 Å². The maximum absolute atomic E-state index is 9.04. The molecule has 0 bridgehead atoms. The summed E-state index contributed by atoms with van der Waals surface area (Å²) in [5.74, 6) is 0.684. The van der Waals surface area contributed by atoms with Crippen molar-refractivity contribution in [1.29, 1.82) is 0 Å². The highest BCUT2D eigenvalue weighted by Crippen LogP contribution is 2.26. The molecule has 0 aromatic carbocycles. The molecule has 0 atom stereocenters. The summed E-state index contributed by atoms with van der Waals surface area (Å²) in [7, 11) is 0. The van der Waals surface area contributed by atoms with Gasteiger partial charge in [0.15, 0.2) is 0 Å². The molecule has 2 N–H and O–H groups in total. The zero-order chi connectivity index (χ0) is 9.97. The second kappa shape index (κ2) is 3.81. The lowest BCUT2D eigenvalue weighted by molar-refractivity contribution is -0.141. The van der Waals surface area contributed by atoms with Crippen molar-refractivity contribution in [3.05, 3.63) is 18.3 Å². The molecule has 76 valence electrons. The molecule has 14 heavy (non-hydrogen) atoms. The van der Waals surface area contributed by atoms with E-state index in [0.29, 0.717) is 18.6 Å². The van der Waals surface area contributed by atoms with Crippen LogP contribution >= 0.6 is 0 Å². The Morgan fingerprint density at radius 1 is 1.43 bits per heavy atom. The lowest BCUT2D eigenvalue weighted by atomic mass is 9.92. The summed E-state index contributed by atoms with van der Waals surface area (Å²) in [5, 5.41) is 17.4. The van der Waals surface area contributed by atoms with Gasteiger partial charge in [0.25, 0.3) is 5.88 Å². The lowest BCUT2D eigenvalue weighted by Crippen LogP contribution is -2.37. The van der Waals surface area contributed by atoms with Gasteiger partial charge in [0, 0.05) is 25.1 Å². The van der Waals surface area contributed by atoms with Gasteiger partial charge < -0.3 is 14.7 Å². The number of pyridine rings is 1. The van der Waals surface area contributed by atoms with E-state index in [0.717, 1.165) is 0 Å². The third kappa shape index (κ3) is 1.94. The molecule has 1 heterocycles. The number of aromatic nitrogens is 1. The molecule has 0 aliphatic heterocycles. The largest absolute Gasteiger partial charge is 0.490 e. The summed E-state index contributed by atoms with van der Waals surface area (Å²) in [5.41, 5.74) is 0. The zero-order valence-corrected chi connectivity index (χ0v) is 7.46. The van der Waals surface area contributed by atoms with E-state index in [9.17, 15) is 0 Å². The number of hydrogen-bond donors (Lipinski definition) is 2. The van der Waals surface area contributed by atoms with Gasteiger partial charge in [0.05, 0.1) is 6.10 Å². The first kappa shape index (κ1) is 9.23. The standard InChI is InChI=1S/C9H11NO4/c11-6-3-8(4-6)13-7-1-2-10-9(5-7)14-12/h1-2,5-6,8,11-12H,3-4H2/t6-,8-. The summed E-state index contributed by atoms with van der Waals surface area (Å²) < 4.78 is 5.47. The summed E-state index contributed by atoms with van der Waals surface area (Å²) in [6.45, 7) is 0. The molecule has 5 heteroatoms. The number of hydrogen-bond acceptors (Lipinski definition) is 5. The molecule has 2 rings (SSSR count). The van der Waals surface area contributed by atoms with Crippen LogP contribution in [-0.2, 0) is 0 Å². The highest BCUT2D eigenvalue weighted by atomic mass is 17.1. The fraction of sp³-hybridized carbons (Fsp3) is 0.444. The molecule has 1 aliphatic carbocycles. The number of ether oxygens (including phenoxy) is 1. The van der Waals surface area contributed by atoms with Crippen LogP contribution in [0.4, 0.5) is 0 Å². The Morgan fingerprint density at radius 3 is 2.86 bits per heavy atom. The minimum atomic E-state index is -0.240. The highest BCUT2D eigenvalue weighted by Gasteiger charge is 2.28. The second-order valence-corrected chi connectivity index (χ2v) is 3.29. The van der Waals surface area contributed by atoms with E-state index in [1.165, 1.54) is 12.3 Å². The van der Waals surface area contributed by atoms with Gasteiger partial charge in [-0.2, -0.15) is 0 Å². The van der Waals surface area contributed by atoms with Crippen LogP contribution in [0.3, 0.4) is 0 Å². The van der Waals surface area contributed by atoms with Gasteiger partial charge in [-0.1, -0.05) is 0 Å². The van der Waals surface area contributed by atoms with Gasteiger partial charge in [-0.15, -0.1) is 0 Å². The SMILES string of the molecule is OOc1cc(O[C@H]2C[C@H](O)C2)ccn1. The van der Waals surface area contributed by atoms with Crippen molar-refractivity contribution >= 4 is 0 Å². The third-order valence-corrected chi connectivity index (χ3v) is 2.17. The number of nitrogens with zero attached hydrogens (tertiary/aromatic N) is 1. The monoisotopic (exact) mass is 197 g/mol. The predicted molar refractivity (Wildman–Crippen MR) is 47.2 cm³/mol. The number of rotatable bonds is 3. The highest BCUT2D eigenvalue weighted by molar-refractivity contribution is 5.26. The van der Waals surface area contributed by atoms with E-state index in [1.807, 2.05) is 0 Å². The molecule has 5 nitrogen and oxygen atoms in total. The molecule has 1 aliphatic rings. The first-order chi connectivity index (χ1) is 6.78. The first-order valence-corrected chi connectivity index (χ1v) is 4.40. The van der Waals surface area contributed by atoms with E-state index in [1.54, 1.807) is 6.07 Å². The van der Waals surface area contributed by atoms with Gasteiger partial charge in [-0.05, 0) is 6.07 Å². The second-order valence-electron chi connectivity index (χ2n) is 3.29. The van der Waals surface area contributed by atoms with Gasteiger partial charge in [-0.3, -0.25) is 0 Å². The molecular weight excluding hydrogens is 186 g/mol. The van der Waals surface area contributed by atoms with Crippen LogP contribution in [0.15, 0.2) is 18.3 Å². The van der Waals surface area contributed by atoms with E-state index in [4.69, 9.17) is 15.1 Å². The van der Waals surface area contributed by atoms with Crippen LogP contribution in [0, 0.1) is 0 Å². The van der Waals surface area contributed by atoms with Crippen molar-refractivity contribution in [1.82, 2.24) is 4.98 Å². The fourth-order valence-corrected chi connectivity index (χ4v) is 1.34. The topological polar surface area (TPSA) is 71.8 Å². The molecule has 0 saturated heterocycles. The number of aliphatic hydroxyl groups is 1. The average Bonchev–Trinajstić information content (AvgIpc) is 2.16. The Bertz CT molecular complexity index is 311. The van der Waals surface area contributed by atoms with Crippen LogP contribution < -0.4 is 9.62 Å². The van der Waals surface area contributed by atoms with Crippen molar-refractivity contribution in [2.45, 2.75) is 25.0 Å². The minimum Gasteiger partial charge on any atom is -0.490 e. The van der Waals surface area contributed by atoms with Gasteiger partial charge >= 0.3 is 0 Å². The molecule has 0 radical (unpaired) electrons. The maximum Gasteiger partial charge on any atom is 0.259 e. The zero-order valence-electron chi connectivity index (χ0n) is 7.46. The Labute approximate surface area is 80.8 Å². The van der Waals surface area contributed by atoms with Gasteiger partial charge in [0.2, 0.25) is 0 Å². The molecule has 1 fully saturated rings. The minimum absolute atomic E-state index is 0.0546. The van der Waals surface area contributed by atoms with Crippen molar-refractivity contribution in [2.75, 3.05) is 0 Å². The summed E-state index contributed by atoms with van der Waals surface area (Å²) >= 11 is 0. The molecule has 1 saturated carbocycles. The van der Waals surface area contributed by atoms with Crippen molar-refractivity contribution in [3.63, 3.8) is 0 Å². The predicted octanol–water partition coefficient (Wildman–Crippen LogP) is 0.835. The molecule has 0 unspecified atom stereocenters. The smallest absolute Gasteiger partial charge is 0.259 e. The van der Waals surface area contributed by atoms with Crippen LogP contribution in [0.5, 0.6) is 11.6 Å². The molecule has 1 aromatic rings. The van der Waals surface area contributed by atoms with Gasteiger partial charge in [-0.25, -0.2) is 10.2 Å². The fourth-order valence-electron chi connectivity index (χ4n) is 1.34. The Morgan fingerprint density at radius 2 is 2.21 bits per heavy atom. The van der Waals surface area contributed by atoms with E-state index in [2.05, 4.69) is 9.87 Å². The summed E-state index contributed by atoms with van der Waals surface area (Å²) in [4.78, 5) is 7.69. The van der Waals surface area contributed by atoms with Crippen molar-refractivity contribution < 1.29 is 20.0 Å². The van der Waals surface area contributed by atoms with Crippen molar-refractivity contribution in [2.24, 2.45) is 0 Å². The van der Waals surface area contributed by atoms with E-state index < -0.39 is 0 Å². The third-order valence-electron chi connectivity index (χ3n) is 2.17. The lowest BCUT2D eigenvalue weighted by Gasteiger charge is -2.31. The van der Waals surface area contributed by atoms with Crippen molar-refractivity contribution in [3.8, 4) is 11.6 Å². The number of aliphatic hydroxyl groups excluding tert-OH is 1. The van der Waals surface area contributed by atoms with Crippen LogP contribution in [0.25, 0.3) is 0 Å².